The third-order valence-electron chi connectivity index (χ3n) is 3.95. The average Bonchev–Trinajstić information content (AvgIpc) is 2.28. The van der Waals surface area contributed by atoms with E-state index in [2.05, 4.69) is 12.1 Å². The summed E-state index contributed by atoms with van der Waals surface area (Å²) >= 11 is 0. The summed E-state index contributed by atoms with van der Waals surface area (Å²) in [6.45, 7) is 1.56. The summed E-state index contributed by atoms with van der Waals surface area (Å²) in [6.07, 6.45) is 3.10. The molecule has 2 bridgehead atoms. The lowest BCUT2D eigenvalue weighted by atomic mass is 9.70. The summed E-state index contributed by atoms with van der Waals surface area (Å²) in [6, 6.07) is 8.23. The summed E-state index contributed by atoms with van der Waals surface area (Å²) in [5.74, 6) is 1.35. The molecule has 1 amide bonds. The topological polar surface area (TPSA) is 46.3 Å². The highest BCUT2D eigenvalue weighted by molar-refractivity contribution is 5.97. The Morgan fingerprint density at radius 2 is 2.18 bits per heavy atom. The number of nitrogens with two attached hydrogens (primary N) is 1. The Labute approximate surface area is 102 Å². The van der Waals surface area contributed by atoms with Crippen LogP contribution in [-0.4, -0.2) is 19.0 Å². The lowest BCUT2D eigenvalue weighted by Gasteiger charge is -2.46. The second-order valence-corrected chi connectivity index (χ2v) is 5.19. The first-order chi connectivity index (χ1) is 8.28. The van der Waals surface area contributed by atoms with Gasteiger partial charge < -0.3 is 10.6 Å². The second kappa shape index (κ2) is 4.15. The molecule has 2 N–H and O–H groups in total. The number of amides is 1. The van der Waals surface area contributed by atoms with Crippen LogP contribution in [0, 0.1) is 11.8 Å². The molecule has 3 heteroatoms. The Bertz CT molecular complexity index is 438. The van der Waals surface area contributed by atoms with E-state index in [1.165, 1.54) is 5.56 Å². The zero-order valence-electron chi connectivity index (χ0n) is 9.93. The second-order valence-electron chi connectivity index (χ2n) is 5.19. The van der Waals surface area contributed by atoms with Gasteiger partial charge in [0.15, 0.2) is 0 Å². The first-order valence-corrected chi connectivity index (χ1v) is 6.38. The molecular formula is C14H18N2O. The number of hydrogen-bond acceptors (Lipinski definition) is 2. The maximum absolute atomic E-state index is 12.1. The predicted octanol–water partition coefficient (Wildman–Crippen LogP) is 1.56. The van der Waals surface area contributed by atoms with Gasteiger partial charge in [0.1, 0.15) is 0 Å². The Morgan fingerprint density at radius 1 is 1.35 bits per heavy atom. The van der Waals surface area contributed by atoms with Crippen molar-refractivity contribution >= 4 is 11.6 Å². The van der Waals surface area contributed by atoms with Gasteiger partial charge in [0, 0.05) is 18.2 Å². The zero-order valence-corrected chi connectivity index (χ0v) is 9.93. The molecule has 3 aliphatic rings. The van der Waals surface area contributed by atoms with Crippen molar-refractivity contribution < 1.29 is 4.79 Å². The number of benzene rings is 1. The minimum Gasteiger partial charge on any atom is -0.330 e. The summed E-state index contributed by atoms with van der Waals surface area (Å²) in [4.78, 5) is 14.1. The summed E-state index contributed by atoms with van der Waals surface area (Å²) in [7, 11) is 0. The quantitative estimate of drug-likeness (QED) is 0.856. The minimum atomic E-state index is 0.298. The van der Waals surface area contributed by atoms with Gasteiger partial charge in [-0.25, -0.2) is 0 Å². The maximum Gasteiger partial charge on any atom is 0.230 e. The lowest BCUT2D eigenvalue weighted by Crippen LogP contribution is -2.53. The van der Waals surface area contributed by atoms with Crippen molar-refractivity contribution in [3.63, 3.8) is 0 Å². The fraction of sp³-hybridized carbons (Fsp3) is 0.500. The molecule has 3 nitrogen and oxygen atoms in total. The number of carbonyl (C=O) groups excluding carboxylic acids is 1. The average molecular weight is 230 g/mol. The van der Waals surface area contributed by atoms with Crippen LogP contribution in [0.2, 0.25) is 0 Å². The Morgan fingerprint density at radius 3 is 2.88 bits per heavy atom. The molecule has 3 fully saturated rings. The standard InChI is InChI=1S/C14H18N2O/c15-5-4-10-2-1-3-13(8-10)16-9-11-6-12(7-11)14(16)17/h1-3,8,11-12H,4-7,9,15H2. The van der Waals surface area contributed by atoms with Crippen LogP contribution in [0.4, 0.5) is 5.69 Å². The highest BCUT2D eigenvalue weighted by atomic mass is 16.2. The van der Waals surface area contributed by atoms with Crippen molar-refractivity contribution in [2.45, 2.75) is 19.3 Å². The van der Waals surface area contributed by atoms with E-state index >= 15 is 0 Å². The molecular weight excluding hydrogens is 212 g/mol. The normalized spacial score (nSPS) is 26.9. The van der Waals surface area contributed by atoms with Crippen LogP contribution in [0.25, 0.3) is 0 Å². The molecule has 1 aliphatic carbocycles. The van der Waals surface area contributed by atoms with Crippen molar-refractivity contribution in [1.29, 1.82) is 0 Å². The van der Waals surface area contributed by atoms with Gasteiger partial charge in [-0.1, -0.05) is 12.1 Å². The monoisotopic (exact) mass is 230 g/mol. The van der Waals surface area contributed by atoms with E-state index in [-0.39, 0.29) is 0 Å². The Balaban J connectivity index is 1.83. The number of nitrogens with zero attached hydrogens (tertiary/aromatic N) is 1. The van der Waals surface area contributed by atoms with E-state index in [9.17, 15) is 4.79 Å². The van der Waals surface area contributed by atoms with Crippen LogP contribution < -0.4 is 10.6 Å². The molecule has 0 spiro atoms. The maximum atomic E-state index is 12.1. The van der Waals surface area contributed by atoms with E-state index in [0.29, 0.717) is 18.4 Å². The number of carbonyl (C=O) groups is 1. The van der Waals surface area contributed by atoms with E-state index < -0.39 is 0 Å². The highest BCUT2D eigenvalue weighted by Crippen LogP contribution is 2.42. The van der Waals surface area contributed by atoms with Gasteiger partial charge in [-0.3, -0.25) is 4.79 Å². The number of hydrogen-bond donors (Lipinski definition) is 1. The fourth-order valence-corrected chi connectivity index (χ4v) is 2.93. The molecule has 1 saturated carbocycles. The Hall–Kier alpha value is -1.35. The van der Waals surface area contributed by atoms with Crippen LogP contribution in [0.15, 0.2) is 24.3 Å². The van der Waals surface area contributed by atoms with E-state index in [0.717, 1.165) is 37.4 Å². The van der Waals surface area contributed by atoms with Crippen molar-refractivity contribution in [1.82, 2.24) is 0 Å². The SMILES string of the molecule is NCCc1cccc(N2CC3CC(C3)C2=O)c1. The molecule has 0 atom stereocenters. The molecule has 1 aromatic carbocycles. The largest absolute Gasteiger partial charge is 0.330 e. The third kappa shape index (κ3) is 1.84. The Kier molecular flexibility index (Phi) is 2.63. The molecule has 0 aromatic heterocycles. The van der Waals surface area contributed by atoms with Crippen LogP contribution in [0.1, 0.15) is 18.4 Å². The van der Waals surface area contributed by atoms with Crippen molar-refractivity contribution in [3.8, 4) is 0 Å². The first-order valence-electron chi connectivity index (χ1n) is 6.38. The molecule has 1 aromatic rings. The summed E-state index contributed by atoms with van der Waals surface area (Å²) in [5, 5.41) is 0. The van der Waals surface area contributed by atoms with Crippen molar-refractivity contribution in [2.75, 3.05) is 18.0 Å². The summed E-state index contributed by atoms with van der Waals surface area (Å²) in [5.41, 5.74) is 7.84. The molecule has 17 heavy (non-hydrogen) atoms. The van der Waals surface area contributed by atoms with Crippen LogP contribution >= 0.6 is 0 Å². The number of rotatable bonds is 3. The van der Waals surface area contributed by atoms with Crippen molar-refractivity contribution in [2.24, 2.45) is 17.6 Å². The molecule has 2 heterocycles. The van der Waals surface area contributed by atoms with Gasteiger partial charge in [-0.05, 0) is 49.4 Å². The first kappa shape index (κ1) is 10.8. The smallest absolute Gasteiger partial charge is 0.230 e. The van der Waals surface area contributed by atoms with Crippen LogP contribution in [-0.2, 0) is 11.2 Å². The van der Waals surface area contributed by atoms with Crippen LogP contribution in [0.5, 0.6) is 0 Å². The van der Waals surface area contributed by atoms with Gasteiger partial charge in [0.05, 0.1) is 0 Å². The van der Waals surface area contributed by atoms with Gasteiger partial charge >= 0.3 is 0 Å². The van der Waals surface area contributed by atoms with E-state index in [4.69, 9.17) is 5.73 Å². The molecule has 2 aliphatic heterocycles. The summed E-state index contributed by atoms with van der Waals surface area (Å²) < 4.78 is 0. The van der Waals surface area contributed by atoms with E-state index in [1.54, 1.807) is 0 Å². The predicted molar refractivity (Wildman–Crippen MR) is 67.8 cm³/mol. The molecule has 0 radical (unpaired) electrons. The number of piperidine rings is 2. The fourth-order valence-electron chi connectivity index (χ4n) is 2.93. The van der Waals surface area contributed by atoms with Gasteiger partial charge in [0.25, 0.3) is 0 Å². The third-order valence-corrected chi connectivity index (χ3v) is 3.95. The number of anilines is 1. The molecule has 2 saturated heterocycles. The molecule has 0 unspecified atom stereocenters. The molecule has 4 rings (SSSR count). The van der Waals surface area contributed by atoms with Gasteiger partial charge in [-0.15, -0.1) is 0 Å². The highest BCUT2D eigenvalue weighted by Gasteiger charge is 2.43. The van der Waals surface area contributed by atoms with E-state index in [1.807, 2.05) is 17.0 Å². The van der Waals surface area contributed by atoms with Gasteiger partial charge in [0.2, 0.25) is 5.91 Å². The lowest BCUT2D eigenvalue weighted by molar-refractivity contribution is -0.129. The molecule has 90 valence electrons. The van der Waals surface area contributed by atoms with Crippen molar-refractivity contribution in [3.05, 3.63) is 29.8 Å². The number of fused-ring (bicyclic) bond motifs is 2. The van der Waals surface area contributed by atoms with Gasteiger partial charge in [-0.2, -0.15) is 0 Å². The van der Waals surface area contributed by atoms with Crippen LogP contribution in [0.3, 0.4) is 0 Å². The minimum absolute atomic E-state index is 0.298. The zero-order chi connectivity index (χ0) is 11.8.